The number of carboxylic acid groups (broad SMARTS) is 1. The highest BCUT2D eigenvalue weighted by molar-refractivity contribution is 6.35. The second-order valence-corrected chi connectivity index (χ2v) is 4.49. The van der Waals surface area contributed by atoms with Gasteiger partial charge in [-0.3, -0.25) is 9.78 Å². The Hall–Kier alpha value is -1.61. The van der Waals surface area contributed by atoms with E-state index in [9.17, 15) is 4.79 Å². The van der Waals surface area contributed by atoms with E-state index in [4.69, 9.17) is 16.7 Å². The minimum atomic E-state index is -0.866. The topological polar surface area (TPSA) is 50.2 Å². The number of aromatic nitrogens is 1. The summed E-state index contributed by atoms with van der Waals surface area (Å²) in [6.07, 6.45) is -0.0387. The summed E-state index contributed by atoms with van der Waals surface area (Å²) in [6, 6.07) is 5.45. The molecule has 0 fully saturated rings. The molecule has 3 nitrogen and oxygen atoms in total. The third-order valence-corrected chi connectivity index (χ3v) is 2.98. The van der Waals surface area contributed by atoms with Crippen molar-refractivity contribution in [3.05, 3.63) is 40.0 Å². The Bertz CT molecular complexity index is 608. The predicted molar refractivity (Wildman–Crippen MR) is 67.6 cm³/mol. The van der Waals surface area contributed by atoms with E-state index < -0.39 is 5.97 Å². The van der Waals surface area contributed by atoms with Gasteiger partial charge in [0.05, 0.1) is 17.0 Å². The fourth-order valence-corrected chi connectivity index (χ4v) is 2.23. The zero-order chi connectivity index (χ0) is 12.6. The molecular formula is C13H12ClNO2. The molecule has 0 radical (unpaired) electrons. The fourth-order valence-electron chi connectivity index (χ4n) is 1.96. The maximum absolute atomic E-state index is 10.9. The second-order valence-electron chi connectivity index (χ2n) is 4.08. The molecule has 0 saturated carbocycles. The van der Waals surface area contributed by atoms with E-state index in [1.165, 1.54) is 0 Å². The van der Waals surface area contributed by atoms with Crippen molar-refractivity contribution in [2.45, 2.75) is 20.3 Å². The third-order valence-electron chi connectivity index (χ3n) is 2.66. The van der Waals surface area contributed by atoms with Gasteiger partial charge in [0.25, 0.3) is 0 Å². The van der Waals surface area contributed by atoms with Crippen LogP contribution in [0.1, 0.15) is 16.8 Å². The summed E-state index contributed by atoms with van der Waals surface area (Å²) in [4.78, 5) is 15.3. The third kappa shape index (κ3) is 2.24. The zero-order valence-corrected chi connectivity index (χ0v) is 10.4. The quantitative estimate of drug-likeness (QED) is 0.890. The van der Waals surface area contributed by atoms with Gasteiger partial charge in [0.15, 0.2) is 0 Å². The van der Waals surface area contributed by atoms with Crippen LogP contribution in [0.15, 0.2) is 18.2 Å². The van der Waals surface area contributed by atoms with E-state index in [-0.39, 0.29) is 6.42 Å². The number of aliphatic carboxylic acids is 1. The van der Waals surface area contributed by atoms with Crippen molar-refractivity contribution >= 4 is 28.5 Å². The summed E-state index contributed by atoms with van der Waals surface area (Å²) in [7, 11) is 0. The Labute approximate surface area is 104 Å². The smallest absolute Gasteiger partial charge is 0.307 e. The van der Waals surface area contributed by atoms with Crippen LogP contribution in [0.2, 0.25) is 5.02 Å². The van der Waals surface area contributed by atoms with Crippen LogP contribution in [0, 0.1) is 13.8 Å². The molecule has 2 rings (SSSR count). The highest BCUT2D eigenvalue weighted by atomic mass is 35.5. The Balaban J connectivity index is 2.82. The van der Waals surface area contributed by atoms with Gasteiger partial charge in [-0.15, -0.1) is 0 Å². The molecule has 0 spiro atoms. The van der Waals surface area contributed by atoms with E-state index in [1.54, 1.807) is 12.1 Å². The van der Waals surface area contributed by atoms with Gasteiger partial charge in [-0.05, 0) is 37.1 Å². The molecule has 0 amide bonds. The van der Waals surface area contributed by atoms with Crippen LogP contribution < -0.4 is 0 Å². The molecule has 0 aliphatic rings. The number of carboxylic acids is 1. The van der Waals surface area contributed by atoms with E-state index >= 15 is 0 Å². The van der Waals surface area contributed by atoms with Crippen LogP contribution in [0.4, 0.5) is 0 Å². The first-order valence-corrected chi connectivity index (χ1v) is 5.64. The molecule has 1 aromatic carbocycles. The van der Waals surface area contributed by atoms with Crippen molar-refractivity contribution in [1.82, 2.24) is 4.98 Å². The maximum atomic E-state index is 10.9. The molecule has 17 heavy (non-hydrogen) atoms. The second kappa shape index (κ2) is 4.34. The molecule has 0 aliphatic carbocycles. The van der Waals surface area contributed by atoms with Crippen LogP contribution >= 0.6 is 11.6 Å². The number of hydrogen-bond acceptors (Lipinski definition) is 2. The Kier molecular flexibility index (Phi) is 3.03. The zero-order valence-electron chi connectivity index (χ0n) is 9.62. The number of fused-ring (bicyclic) bond motifs is 1. The first kappa shape index (κ1) is 11.9. The average molecular weight is 250 g/mol. The lowest BCUT2D eigenvalue weighted by atomic mass is 10.0. The van der Waals surface area contributed by atoms with Crippen molar-refractivity contribution in [3.63, 3.8) is 0 Å². The minimum Gasteiger partial charge on any atom is -0.481 e. The normalized spacial score (nSPS) is 10.8. The SMILES string of the molecule is Cc1cc(CC(=O)O)c2c(Cl)ccc(C)c2n1. The van der Waals surface area contributed by atoms with Gasteiger partial charge >= 0.3 is 5.97 Å². The van der Waals surface area contributed by atoms with Gasteiger partial charge in [-0.2, -0.15) is 0 Å². The van der Waals surface area contributed by atoms with Crippen molar-refractivity contribution in [2.75, 3.05) is 0 Å². The largest absolute Gasteiger partial charge is 0.481 e. The van der Waals surface area contributed by atoms with Crippen molar-refractivity contribution in [3.8, 4) is 0 Å². The lowest BCUT2D eigenvalue weighted by Crippen LogP contribution is -2.03. The number of nitrogens with zero attached hydrogens (tertiary/aromatic N) is 1. The van der Waals surface area contributed by atoms with Gasteiger partial charge in [0.2, 0.25) is 0 Å². The first-order valence-electron chi connectivity index (χ1n) is 5.26. The van der Waals surface area contributed by atoms with Gasteiger partial charge in [0.1, 0.15) is 0 Å². The summed E-state index contributed by atoms with van der Waals surface area (Å²) < 4.78 is 0. The summed E-state index contributed by atoms with van der Waals surface area (Å²) in [5.74, 6) is -0.866. The van der Waals surface area contributed by atoms with E-state index in [0.717, 1.165) is 22.2 Å². The number of hydrogen-bond donors (Lipinski definition) is 1. The predicted octanol–water partition coefficient (Wildman–Crippen LogP) is 3.13. The maximum Gasteiger partial charge on any atom is 0.307 e. The van der Waals surface area contributed by atoms with E-state index in [0.29, 0.717) is 10.6 Å². The molecule has 1 aromatic heterocycles. The number of halogens is 1. The van der Waals surface area contributed by atoms with Crippen LogP contribution in [0.5, 0.6) is 0 Å². The van der Waals surface area contributed by atoms with Gasteiger partial charge < -0.3 is 5.11 Å². The van der Waals surface area contributed by atoms with Crippen LogP contribution in [0.3, 0.4) is 0 Å². The monoisotopic (exact) mass is 249 g/mol. The van der Waals surface area contributed by atoms with Gasteiger partial charge in [0, 0.05) is 11.1 Å². The highest BCUT2D eigenvalue weighted by Gasteiger charge is 2.12. The molecule has 0 saturated heterocycles. The fraction of sp³-hybridized carbons (Fsp3) is 0.231. The van der Waals surface area contributed by atoms with E-state index in [2.05, 4.69) is 4.98 Å². The summed E-state index contributed by atoms with van der Waals surface area (Å²) in [6.45, 7) is 3.79. The van der Waals surface area contributed by atoms with Gasteiger partial charge in [-0.25, -0.2) is 0 Å². The van der Waals surface area contributed by atoms with Crippen LogP contribution in [0.25, 0.3) is 10.9 Å². The Morgan fingerprint density at radius 3 is 2.76 bits per heavy atom. The molecule has 2 aromatic rings. The Morgan fingerprint density at radius 2 is 2.12 bits per heavy atom. The lowest BCUT2D eigenvalue weighted by molar-refractivity contribution is -0.136. The summed E-state index contributed by atoms with van der Waals surface area (Å²) in [5, 5.41) is 10.2. The van der Waals surface area contributed by atoms with Crippen LogP contribution in [-0.2, 0) is 11.2 Å². The molecule has 88 valence electrons. The molecule has 4 heteroatoms. The summed E-state index contributed by atoms with van der Waals surface area (Å²) in [5.41, 5.74) is 3.31. The van der Waals surface area contributed by atoms with Crippen LogP contribution in [-0.4, -0.2) is 16.1 Å². The molecule has 0 bridgehead atoms. The van der Waals surface area contributed by atoms with Crippen molar-refractivity contribution in [2.24, 2.45) is 0 Å². The number of carbonyl (C=O) groups is 1. The molecule has 1 heterocycles. The highest BCUT2D eigenvalue weighted by Crippen LogP contribution is 2.29. The van der Waals surface area contributed by atoms with Crippen molar-refractivity contribution in [1.29, 1.82) is 0 Å². The molecule has 0 aliphatic heterocycles. The standard InChI is InChI=1S/C13H12ClNO2/c1-7-3-4-10(14)12-9(6-11(16)17)5-8(2)15-13(7)12/h3-5H,6H2,1-2H3,(H,16,17). The average Bonchev–Trinajstić information content (AvgIpc) is 2.22. The molecular weight excluding hydrogens is 238 g/mol. The first-order chi connectivity index (χ1) is 7.99. The number of rotatable bonds is 2. The number of pyridine rings is 1. The van der Waals surface area contributed by atoms with Gasteiger partial charge in [-0.1, -0.05) is 17.7 Å². The molecule has 1 N–H and O–H groups in total. The number of benzene rings is 1. The van der Waals surface area contributed by atoms with Crippen molar-refractivity contribution < 1.29 is 9.90 Å². The minimum absolute atomic E-state index is 0.0387. The van der Waals surface area contributed by atoms with E-state index in [1.807, 2.05) is 19.9 Å². The summed E-state index contributed by atoms with van der Waals surface area (Å²) >= 11 is 6.14. The lowest BCUT2D eigenvalue weighted by Gasteiger charge is -2.09. The molecule has 0 unspecified atom stereocenters. The molecule has 0 atom stereocenters. The Morgan fingerprint density at radius 1 is 1.41 bits per heavy atom. The number of aryl methyl sites for hydroxylation is 2.